The van der Waals surface area contributed by atoms with Gasteiger partial charge in [0, 0.05) is 39.1 Å². The van der Waals surface area contributed by atoms with Crippen molar-refractivity contribution in [3.05, 3.63) is 46.9 Å². The van der Waals surface area contributed by atoms with E-state index >= 15 is 0 Å². The Morgan fingerprint density at radius 3 is 2.68 bits per heavy atom. The largest absolute Gasteiger partial charge is 0.385 e. The number of fused-ring (bicyclic) bond motifs is 1. The average Bonchev–Trinajstić information content (AvgIpc) is 2.95. The lowest BCUT2D eigenvalue weighted by atomic mass is 10.1. The SMILES string of the molecule is CCSc1nc2c(-c3ccccc3)cn(C)c2c(=O)n1CCCOC. The highest BCUT2D eigenvalue weighted by Crippen LogP contribution is 2.29. The van der Waals surface area contributed by atoms with Crippen molar-refractivity contribution in [2.24, 2.45) is 7.05 Å². The molecule has 0 aliphatic heterocycles. The molecule has 0 radical (unpaired) electrons. The van der Waals surface area contributed by atoms with Gasteiger partial charge in [-0.15, -0.1) is 0 Å². The highest BCUT2D eigenvalue weighted by atomic mass is 32.2. The van der Waals surface area contributed by atoms with Crippen LogP contribution in [0.1, 0.15) is 13.3 Å². The highest BCUT2D eigenvalue weighted by Gasteiger charge is 2.18. The van der Waals surface area contributed by atoms with E-state index in [0.29, 0.717) is 18.7 Å². The Kier molecular flexibility index (Phi) is 5.60. The first kappa shape index (κ1) is 17.8. The zero-order chi connectivity index (χ0) is 17.8. The second kappa shape index (κ2) is 7.89. The maximum Gasteiger partial charge on any atom is 0.278 e. The molecule has 0 fully saturated rings. The number of benzene rings is 1. The van der Waals surface area contributed by atoms with Crippen LogP contribution in [0.15, 0.2) is 46.5 Å². The number of aryl methyl sites for hydroxylation is 1. The van der Waals surface area contributed by atoms with Crippen LogP contribution in [0, 0.1) is 0 Å². The summed E-state index contributed by atoms with van der Waals surface area (Å²) in [5.41, 5.74) is 3.51. The van der Waals surface area contributed by atoms with Crippen LogP contribution in [-0.2, 0) is 18.3 Å². The van der Waals surface area contributed by atoms with Crippen molar-refractivity contribution in [1.82, 2.24) is 14.1 Å². The van der Waals surface area contributed by atoms with Gasteiger partial charge in [0.1, 0.15) is 11.0 Å². The minimum atomic E-state index is 0.0155. The maximum atomic E-state index is 13.1. The lowest BCUT2D eigenvalue weighted by Gasteiger charge is -2.12. The Morgan fingerprint density at radius 2 is 2.00 bits per heavy atom. The summed E-state index contributed by atoms with van der Waals surface area (Å²) in [5.74, 6) is 0.871. The van der Waals surface area contributed by atoms with E-state index in [2.05, 4.69) is 6.92 Å². The zero-order valence-electron chi connectivity index (χ0n) is 14.9. The topological polar surface area (TPSA) is 49.0 Å². The summed E-state index contributed by atoms with van der Waals surface area (Å²) >= 11 is 1.60. The molecule has 0 amide bonds. The fraction of sp³-hybridized carbons (Fsp3) is 0.368. The molecule has 0 saturated carbocycles. The van der Waals surface area contributed by atoms with Crippen molar-refractivity contribution >= 4 is 22.8 Å². The minimum Gasteiger partial charge on any atom is -0.385 e. The molecule has 0 bridgehead atoms. The van der Waals surface area contributed by atoms with Gasteiger partial charge in [0.05, 0.1) is 0 Å². The summed E-state index contributed by atoms with van der Waals surface area (Å²) in [6.07, 6.45) is 2.78. The molecule has 3 aromatic rings. The molecule has 0 unspecified atom stereocenters. The number of hydrogen-bond donors (Lipinski definition) is 0. The van der Waals surface area contributed by atoms with E-state index in [9.17, 15) is 4.79 Å². The van der Waals surface area contributed by atoms with Gasteiger partial charge in [0.25, 0.3) is 5.56 Å². The molecule has 0 aliphatic carbocycles. The molecule has 0 aliphatic rings. The molecule has 3 rings (SSSR count). The number of rotatable bonds is 7. The molecule has 1 aromatic carbocycles. The van der Waals surface area contributed by atoms with Crippen molar-refractivity contribution in [3.8, 4) is 11.1 Å². The molecule has 2 heterocycles. The van der Waals surface area contributed by atoms with Crippen LogP contribution in [0.5, 0.6) is 0 Å². The van der Waals surface area contributed by atoms with E-state index in [-0.39, 0.29) is 5.56 Å². The molecule has 132 valence electrons. The number of ether oxygens (including phenoxy) is 1. The third kappa shape index (κ3) is 3.50. The van der Waals surface area contributed by atoms with Crippen LogP contribution in [0.3, 0.4) is 0 Å². The van der Waals surface area contributed by atoms with Gasteiger partial charge in [-0.1, -0.05) is 49.0 Å². The van der Waals surface area contributed by atoms with Crippen LogP contribution in [0.25, 0.3) is 22.2 Å². The van der Waals surface area contributed by atoms with Crippen molar-refractivity contribution < 1.29 is 4.74 Å². The molecular weight excluding hydrogens is 334 g/mol. The average molecular weight is 357 g/mol. The van der Waals surface area contributed by atoms with Crippen LogP contribution < -0.4 is 5.56 Å². The van der Waals surface area contributed by atoms with Gasteiger partial charge in [0.2, 0.25) is 0 Å². The predicted octanol–water partition coefficient (Wildman–Crippen LogP) is 3.55. The molecular formula is C19H23N3O2S. The van der Waals surface area contributed by atoms with Gasteiger partial charge in [-0.3, -0.25) is 9.36 Å². The molecule has 25 heavy (non-hydrogen) atoms. The molecule has 5 nitrogen and oxygen atoms in total. The first-order valence-corrected chi connectivity index (χ1v) is 9.43. The summed E-state index contributed by atoms with van der Waals surface area (Å²) in [6, 6.07) is 10.1. The highest BCUT2D eigenvalue weighted by molar-refractivity contribution is 7.99. The van der Waals surface area contributed by atoms with Crippen LogP contribution in [0.2, 0.25) is 0 Å². The Morgan fingerprint density at radius 1 is 1.24 bits per heavy atom. The number of nitrogens with zero attached hydrogens (tertiary/aromatic N) is 3. The number of thioether (sulfide) groups is 1. The molecule has 0 saturated heterocycles. The molecule has 0 atom stereocenters. The van der Waals surface area contributed by atoms with Gasteiger partial charge in [-0.2, -0.15) is 0 Å². The van der Waals surface area contributed by atoms with Gasteiger partial charge in [0.15, 0.2) is 5.16 Å². The zero-order valence-corrected chi connectivity index (χ0v) is 15.7. The fourth-order valence-electron chi connectivity index (χ4n) is 2.98. The van der Waals surface area contributed by atoms with Crippen molar-refractivity contribution in [2.45, 2.75) is 25.0 Å². The first-order valence-electron chi connectivity index (χ1n) is 8.44. The summed E-state index contributed by atoms with van der Waals surface area (Å²) in [6.45, 7) is 3.32. The summed E-state index contributed by atoms with van der Waals surface area (Å²) in [7, 11) is 3.58. The molecule has 0 N–H and O–H groups in total. The molecule has 2 aromatic heterocycles. The van der Waals surface area contributed by atoms with Crippen LogP contribution in [-0.4, -0.2) is 33.6 Å². The van der Waals surface area contributed by atoms with Crippen molar-refractivity contribution in [2.75, 3.05) is 19.5 Å². The van der Waals surface area contributed by atoms with Gasteiger partial charge < -0.3 is 9.30 Å². The van der Waals surface area contributed by atoms with Crippen LogP contribution in [0.4, 0.5) is 0 Å². The normalized spacial score (nSPS) is 11.3. The molecule has 6 heteroatoms. The minimum absolute atomic E-state index is 0.0155. The Bertz CT molecular complexity index is 916. The van der Waals surface area contributed by atoms with E-state index in [1.165, 1.54) is 0 Å². The Labute approximate surface area is 151 Å². The Hall–Kier alpha value is -2.05. The lowest BCUT2D eigenvalue weighted by Crippen LogP contribution is -2.25. The molecule has 0 spiro atoms. The lowest BCUT2D eigenvalue weighted by molar-refractivity contribution is 0.189. The summed E-state index contributed by atoms with van der Waals surface area (Å²) < 4.78 is 8.80. The van der Waals surface area contributed by atoms with E-state index in [0.717, 1.165) is 34.0 Å². The first-order chi connectivity index (χ1) is 12.2. The van der Waals surface area contributed by atoms with E-state index in [4.69, 9.17) is 9.72 Å². The standard InChI is InChI=1S/C19H23N3O2S/c1-4-25-19-20-16-15(14-9-6-5-7-10-14)13-21(2)17(16)18(23)22(19)11-8-12-24-3/h5-7,9-10,13H,4,8,11-12H2,1-3H3. The van der Waals surface area contributed by atoms with Crippen molar-refractivity contribution in [3.63, 3.8) is 0 Å². The van der Waals surface area contributed by atoms with E-state index in [1.807, 2.05) is 48.1 Å². The maximum absolute atomic E-state index is 13.1. The van der Waals surface area contributed by atoms with Crippen LogP contribution >= 0.6 is 11.8 Å². The quantitative estimate of drug-likeness (QED) is 0.369. The Balaban J connectivity index is 2.20. The van der Waals surface area contributed by atoms with E-state index < -0.39 is 0 Å². The second-order valence-corrected chi connectivity index (χ2v) is 7.08. The summed E-state index contributed by atoms with van der Waals surface area (Å²) in [5, 5.41) is 0.777. The monoisotopic (exact) mass is 357 g/mol. The van der Waals surface area contributed by atoms with Crippen molar-refractivity contribution in [1.29, 1.82) is 0 Å². The van der Waals surface area contributed by atoms with Gasteiger partial charge >= 0.3 is 0 Å². The fourth-order valence-corrected chi connectivity index (χ4v) is 3.73. The van der Waals surface area contributed by atoms with Gasteiger partial charge in [-0.05, 0) is 17.7 Å². The second-order valence-electron chi connectivity index (χ2n) is 5.85. The smallest absolute Gasteiger partial charge is 0.278 e. The van der Waals surface area contributed by atoms with E-state index in [1.54, 1.807) is 23.4 Å². The third-order valence-corrected chi connectivity index (χ3v) is 4.99. The third-order valence-electron chi connectivity index (χ3n) is 4.13. The van der Waals surface area contributed by atoms with Gasteiger partial charge in [-0.25, -0.2) is 4.98 Å². The summed E-state index contributed by atoms with van der Waals surface area (Å²) in [4.78, 5) is 18.0. The predicted molar refractivity (Wildman–Crippen MR) is 103 cm³/mol. The number of hydrogen-bond acceptors (Lipinski definition) is 4. The number of methoxy groups -OCH3 is 1. The number of aromatic nitrogens is 3.